The van der Waals surface area contributed by atoms with Crippen LogP contribution in [0.4, 0.5) is 0 Å². The van der Waals surface area contributed by atoms with Crippen molar-refractivity contribution in [3.63, 3.8) is 0 Å². The number of rotatable bonds is 7. The summed E-state index contributed by atoms with van der Waals surface area (Å²) in [6.07, 6.45) is 1.72. The van der Waals surface area contributed by atoms with Gasteiger partial charge in [-0.05, 0) is 54.7 Å². The summed E-state index contributed by atoms with van der Waals surface area (Å²) in [5.74, 6) is 1.73. The van der Waals surface area contributed by atoms with Crippen LogP contribution < -0.4 is 9.47 Å². The van der Waals surface area contributed by atoms with E-state index in [0.29, 0.717) is 38.3 Å². The van der Waals surface area contributed by atoms with Crippen molar-refractivity contribution >= 4 is 0 Å². The van der Waals surface area contributed by atoms with Gasteiger partial charge in [-0.2, -0.15) is 0 Å². The molecule has 0 aromatic heterocycles. The molecule has 2 fully saturated rings. The maximum absolute atomic E-state index is 6.05. The van der Waals surface area contributed by atoms with Gasteiger partial charge in [-0.3, -0.25) is 0 Å². The minimum Gasteiger partial charge on any atom is -0.494 e. The first kappa shape index (κ1) is 21.2. The van der Waals surface area contributed by atoms with Gasteiger partial charge in [-0.25, -0.2) is 0 Å². The van der Waals surface area contributed by atoms with E-state index in [9.17, 15) is 0 Å². The predicted octanol–water partition coefficient (Wildman–Crippen LogP) is 5.13. The molecule has 0 aliphatic carbocycles. The molecule has 0 amide bonds. The van der Waals surface area contributed by atoms with Crippen LogP contribution in [0.5, 0.6) is 11.5 Å². The van der Waals surface area contributed by atoms with Crippen molar-refractivity contribution in [2.24, 2.45) is 5.92 Å². The van der Waals surface area contributed by atoms with Gasteiger partial charge < -0.3 is 23.7 Å². The van der Waals surface area contributed by atoms with E-state index in [1.807, 2.05) is 31.2 Å². The zero-order chi connectivity index (χ0) is 21.0. The largest absolute Gasteiger partial charge is 0.494 e. The van der Waals surface area contributed by atoms with Gasteiger partial charge in [0, 0.05) is 12.3 Å². The fourth-order valence-electron chi connectivity index (χ4n) is 4.06. The molecule has 2 heterocycles. The zero-order valence-corrected chi connectivity index (χ0v) is 18.1. The number of hydrogen-bond acceptors (Lipinski definition) is 5. The van der Waals surface area contributed by atoms with Crippen LogP contribution in [0.2, 0.25) is 0 Å². The van der Waals surface area contributed by atoms with Crippen molar-refractivity contribution in [3.8, 4) is 11.5 Å². The quantitative estimate of drug-likeness (QED) is 0.631. The molecule has 5 nitrogen and oxygen atoms in total. The average Bonchev–Trinajstić information content (AvgIpc) is 3.14. The van der Waals surface area contributed by atoms with Crippen molar-refractivity contribution in [2.75, 3.05) is 26.4 Å². The molecule has 4 unspecified atom stereocenters. The lowest BCUT2D eigenvalue weighted by atomic mass is 9.93. The molecule has 2 aliphatic rings. The Labute approximate surface area is 179 Å². The molecule has 0 bridgehead atoms. The van der Waals surface area contributed by atoms with Crippen molar-refractivity contribution in [3.05, 3.63) is 59.7 Å². The Morgan fingerprint density at radius 2 is 1.60 bits per heavy atom. The topological polar surface area (TPSA) is 46.2 Å². The van der Waals surface area contributed by atoms with E-state index >= 15 is 0 Å². The van der Waals surface area contributed by atoms with Crippen molar-refractivity contribution in [1.29, 1.82) is 0 Å². The summed E-state index contributed by atoms with van der Waals surface area (Å²) in [5.41, 5.74) is 2.51. The molecule has 4 atom stereocenters. The molecule has 2 saturated heterocycles. The Hall–Kier alpha value is -2.08. The lowest BCUT2D eigenvalue weighted by Gasteiger charge is -2.34. The minimum absolute atomic E-state index is 0.113. The molecule has 2 aliphatic heterocycles. The van der Waals surface area contributed by atoms with Crippen LogP contribution in [-0.4, -0.2) is 38.5 Å². The van der Waals surface area contributed by atoms with Gasteiger partial charge in [0.25, 0.3) is 5.97 Å². The lowest BCUT2D eigenvalue weighted by Crippen LogP contribution is -2.41. The Bertz CT molecular complexity index is 803. The first-order valence-corrected chi connectivity index (χ1v) is 11.0. The van der Waals surface area contributed by atoms with Crippen LogP contribution in [0.3, 0.4) is 0 Å². The number of hydrogen-bond donors (Lipinski definition) is 0. The normalized spacial score (nSPS) is 27.2. The SMILES string of the molecule is CCOc1ccc(C(C)c2ccc(OCC3COC4(CC(C)CCO4)O3)cc2)cc1. The molecule has 0 N–H and O–H groups in total. The third kappa shape index (κ3) is 4.97. The van der Waals surface area contributed by atoms with Gasteiger partial charge >= 0.3 is 0 Å². The van der Waals surface area contributed by atoms with Gasteiger partial charge in [0.2, 0.25) is 0 Å². The second-order valence-electron chi connectivity index (χ2n) is 8.28. The van der Waals surface area contributed by atoms with Crippen LogP contribution in [0, 0.1) is 5.92 Å². The van der Waals surface area contributed by atoms with Crippen LogP contribution in [0.15, 0.2) is 48.5 Å². The molecule has 1 spiro atoms. The highest BCUT2D eigenvalue weighted by molar-refractivity contribution is 5.37. The van der Waals surface area contributed by atoms with Gasteiger partial charge in [-0.1, -0.05) is 38.1 Å². The first-order valence-electron chi connectivity index (χ1n) is 11.0. The van der Waals surface area contributed by atoms with E-state index in [1.165, 1.54) is 11.1 Å². The van der Waals surface area contributed by atoms with Crippen molar-refractivity contribution in [2.45, 2.75) is 51.6 Å². The third-order valence-electron chi connectivity index (χ3n) is 5.87. The average molecular weight is 413 g/mol. The van der Waals surface area contributed by atoms with E-state index in [2.05, 4.69) is 38.1 Å². The van der Waals surface area contributed by atoms with E-state index in [1.54, 1.807) is 0 Å². The molecule has 162 valence electrons. The second-order valence-corrected chi connectivity index (χ2v) is 8.28. The molecule has 0 saturated carbocycles. The van der Waals surface area contributed by atoms with Gasteiger partial charge in [0.05, 0.1) is 19.8 Å². The Balaban J connectivity index is 1.29. The van der Waals surface area contributed by atoms with Gasteiger partial charge in [0.1, 0.15) is 24.2 Å². The highest BCUT2D eigenvalue weighted by Crippen LogP contribution is 2.36. The van der Waals surface area contributed by atoms with Gasteiger partial charge in [0.15, 0.2) is 0 Å². The number of benzene rings is 2. The highest BCUT2D eigenvalue weighted by Gasteiger charge is 2.46. The Morgan fingerprint density at radius 3 is 2.20 bits per heavy atom. The first-order chi connectivity index (χ1) is 14.6. The summed E-state index contributed by atoms with van der Waals surface area (Å²) in [7, 11) is 0. The van der Waals surface area contributed by atoms with E-state index in [0.717, 1.165) is 24.3 Å². The molecule has 4 rings (SSSR count). The van der Waals surface area contributed by atoms with Crippen molar-refractivity contribution in [1.82, 2.24) is 0 Å². The summed E-state index contributed by atoms with van der Waals surface area (Å²) in [4.78, 5) is 0. The van der Waals surface area contributed by atoms with Gasteiger partial charge in [-0.15, -0.1) is 0 Å². The fourth-order valence-corrected chi connectivity index (χ4v) is 4.06. The lowest BCUT2D eigenvalue weighted by molar-refractivity contribution is -0.358. The fraction of sp³-hybridized carbons (Fsp3) is 0.520. The molecule has 0 radical (unpaired) electrons. The van der Waals surface area contributed by atoms with Crippen LogP contribution >= 0.6 is 0 Å². The third-order valence-corrected chi connectivity index (χ3v) is 5.87. The van der Waals surface area contributed by atoms with E-state index in [-0.39, 0.29) is 6.10 Å². The molecule has 2 aromatic rings. The molecule has 2 aromatic carbocycles. The standard InChI is InChI=1S/C25H32O5/c1-4-26-22-9-5-20(6-10-22)19(3)21-7-11-23(12-8-21)27-16-24-17-29-25(30-24)15-18(2)13-14-28-25/h5-12,18-19,24H,4,13-17H2,1-3H3. The van der Waals surface area contributed by atoms with Crippen molar-refractivity contribution < 1.29 is 23.7 Å². The Kier molecular flexibility index (Phi) is 6.61. The summed E-state index contributed by atoms with van der Waals surface area (Å²) in [6.45, 7) is 8.72. The summed E-state index contributed by atoms with van der Waals surface area (Å²) < 4.78 is 29.2. The molecule has 5 heteroatoms. The van der Waals surface area contributed by atoms with E-state index < -0.39 is 5.97 Å². The molecule has 30 heavy (non-hydrogen) atoms. The smallest absolute Gasteiger partial charge is 0.283 e. The Morgan fingerprint density at radius 1 is 0.967 bits per heavy atom. The number of ether oxygens (including phenoxy) is 5. The highest BCUT2D eigenvalue weighted by atomic mass is 16.9. The van der Waals surface area contributed by atoms with Crippen LogP contribution in [-0.2, 0) is 14.2 Å². The van der Waals surface area contributed by atoms with Crippen LogP contribution in [0.25, 0.3) is 0 Å². The maximum Gasteiger partial charge on any atom is 0.283 e. The summed E-state index contributed by atoms with van der Waals surface area (Å²) in [6, 6.07) is 16.6. The molecular formula is C25H32O5. The summed E-state index contributed by atoms with van der Waals surface area (Å²) in [5, 5.41) is 0. The van der Waals surface area contributed by atoms with E-state index in [4.69, 9.17) is 23.7 Å². The minimum atomic E-state index is -0.858. The monoisotopic (exact) mass is 412 g/mol. The second kappa shape index (κ2) is 9.38. The zero-order valence-electron chi connectivity index (χ0n) is 18.1. The maximum atomic E-state index is 6.05. The molecular weight excluding hydrogens is 380 g/mol. The predicted molar refractivity (Wildman–Crippen MR) is 115 cm³/mol. The summed E-state index contributed by atoms with van der Waals surface area (Å²) >= 11 is 0. The van der Waals surface area contributed by atoms with Crippen LogP contribution in [0.1, 0.15) is 50.7 Å².